The smallest absolute Gasteiger partial charge is 0.0449 e. The van der Waals surface area contributed by atoms with Crippen molar-refractivity contribution in [2.75, 3.05) is 18.0 Å². The fourth-order valence-corrected chi connectivity index (χ4v) is 3.42. The first-order valence-corrected chi connectivity index (χ1v) is 8.12. The number of fused-ring (bicyclic) bond motifs is 1. The van der Waals surface area contributed by atoms with Gasteiger partial charge in [-0.25, -0.2) is 0 Å². The number of rotatable bonds is 4. The van der Waals surface area contributed by atoms with E-state index in [4.69, 9.17) is 0 Å². The van der Waals surface area contributed by atoms with E-state index in [1.807, 2.05) is 12.4 Å². The third kappa shape index (κ3) is 3.03. The molecular weight excluding hydrogens is 258 g/mol. The van der Waals surface area contributed by atoms with Crippen LogP contribution in [0.3, 0.4) is 0 Å². The Hall–Kier alpha value is -1.61. The van der Waals surface area contributed by atoms with Crippen LogP contribution in [0, 0.1) is 0 Å². The molecule has 112 valence electrons. The van der Waals surface area contributed by atoms with Gasteiger partial charge in [0.2, 0.25) is 0 Å². The van der Waals surface area contributed by atoms with Gasteiger partial charge in [0.15, 0.2) is 0 Å². The fourth-order valence-electron chi connectivity index (χ4n) is 3.42. The monoisotopic (exact) mass is 283 g/mol. The summed E-state index contributed by atoms with van der Waals surface area (Å²) in [5, 5.41) is 6.22. The topological polar surface area (TPSA) is 28.2 Å². The van der Waals surface area contributed by atoms with E-state index in [9.17, 15) is 0 Å². The van der Waals surface area contributed by atoms with Gasteiger partial charge in [-0.2, -0.15) is 0 Å². The number of hydrogen-bond acceptors (Lipinski definition) is 3. The normalized spacial score (nSPS) is 22.7. The van der Waals surface area contributed by atoms with Crippen LogP contribution in [0.4, 0.5) is 5.69 Å². The molecule has 1 fully saturated rings. The summed E-state index contributed by atoms with van der Waals surface area (Å²) >= 11 is 0. The molecule has 0 amide bonds. The SMILES string of the molecule is CCCNC1CCN(c2cccc3cnccc23)C(C)C1. The number of anilines is 1. The van der Waals surface area contributed by atoms with Crippen molar-refractivity contribution in [2.45, 2.75) is 45.2 Å². The van der Waals surface area contributed by atoms with Gasteiger partial charge in [-0.1, -0.05) is 19.1 Å². The van der Waals surface area contributed by atoms with Crippen LogP contribution < -0.4 is 10.2 Å². The molecule has 1 aliphatic heterocycles. The van der Waals surface area contributed by atoms with Crippen molar-refractivity contribution < 1.29 is 0 Å². The van der Waals surface area contributed by atoms with Gasteiger partial charge in [-0.15, -0.1) is 0 Å². The Bertz CT molecular complexity index is 591. The zero-order chi connectivity index (χ0) is 14.7. The summed E-state index contributed by atoms with van der Waals surface area (Å²) in [6.45, 7) is 6.84. The Labute approximate surface area is 127 Å². The van der Waals surface area contributed by atoms with Gasteiger partial charge in [0.05, 0.1) is 0 Å². The lowest BCUT2D eigenvalue weighted by molar-refractivity contribution is 0.369. The van der Waals surface area contributed by atoms with Crippen molar-refractivity contribution in [3.63, 3.8) is 0 Å². The molecule has 1 aromatic heterocycles. The number of benzene rings is 1. The minimum Gasteiger partial charge on any atom is -0.368 e. The summed E-state index contributed by atoms with van der Waals surface area (Å²) in [6, 6.07) is 9.93. The number of aromatic nitrogens is 1. The van der Waals surface area contributed by atoms with E-state index >= 15 is 0 Å². The third-order valence-corrected chi connectivity index (χ3v) is 4.53. The minimum atomic E-state index is 0.576. The van der Waals surface area contributed by atoms with E-state index in [1.54, 1.807) is 0 Å². The zero-order valence-electron chi connectivity index (χ0n) is 13.0. The lowest BCUT2D eigenvalue weighted by Crippen LogP contribution is -2.47. The van der Waals surface area contributed by atoms with E-state index in [0.29, 0.717) is 12.1 Å². The highest BCUT2D eigenvalue weighted by Crippen LogP contribution is 2.31. The molecule has 1 saturated heterocycles. The molecule has 1 aromatic carbocycles. The number of nitrogens with one attached hydrogen (secondary N) is 1. The second kappa shape index (κ2) is 6.44. The third-order valence-electron chi connectivity index (χ3n) is 4.53. The molecule has 3 nitrogen and oxygen atoms in total. The molecule has 3 rings (SSSR count). The molecule has 21 heavy (non-hydrogen) atoms. The van der Waals surface area contributed by atoms with Gasteiger partial charge in [0.1, 0.15) is 0 Å². The van der Waals surface area contributed by atoms with Gasteiger partial charge in [0.25, 0.3) is 0 Å². The maximum absolute atomic E-state index is 4.24. The lowest BCUT2D eigenvalue weighted by atomic mass is 9.96. The van der Waals surface area contributed by atoms with E-state index < -0.39 is 0 Å². The molecule has 0 spiro atoms. The average Bonchev–Trinajstić information content (AvgIpc) is 2.53. The van der Waals surface area contributed by atoms with Gasteiger partial charge >= 0.3 is 0 Å². The highest BCUT2D eigenvalue weighted by molar-refractivity contribution is 5.93. The Kier molecular flexibility index (Phi) is 4.39. The number of pyridine rings is 1. The summed E-state index contributed by atoms with van der Waals surface area (Å²) in [5.41, 5.74) is 1.36. The fraction of sp³-hybridized carbons (Fsp3) is 0.500. The predicted octanol–water partition coefficient (Wildman–Crippen LogP) is 3.59. The van der Waals surface area contributed by atoms with Gasteiger partial charge in [0, 0.05) is 47.5 Å². The molecule has 2 aromatic rings. The minimum absolute atomic E-state index is 0.576. The summed E-state index contributed by atoms with van der Waals surface area (Å²) in [5.74, 6) is 0. The second-order valence-electron chi connectivity index (χ2n) is 6.09. The molecule has 0 aliphatic carbocycles. The van der Waals surface area contributed by atoms with E-state index in [0.717, 1.165) is 13.1 Å². The van der Waals surface area contributed by atoms with E-state index in [-0.39, 0.29) is 0 Å². The van der Waals surface area contributed by atoms with Crippen molar-refractivity contribution in [1.29, 1.82) is 0 Å². The molecule has 2 unspecified atom stereocenters. The zero-order valence-corrected chi connectivity index (χ0v) is 13.0. The summed E-state index contributed by atoms with van der Waals surface area (Å²) in [6.07, 6.45) is 7.52. The first-order chi connectivity index (χ1) is 10.3. The summed E-state index contributed by atoms with van der Waals surface area (Å²) in [7, 11) is 0. The van der Waals surface area contributed by atoms with Crippen LogP contribution in [0.5, 0.6) is 0 Å². The van der Waals surface area contributed by atoms with E-state index in [2.05, 4.69) is 53.3 Å². The highest BCUT2D eigenvalue weighted by atomic mass is 15.2. The van der Waals surface area contributed by atoms with Gasteiger partial charge < -0.3 is 10.2 Å². The van der Waals surface area contributed by atoms with Crippen LogP contribution in [0.2, 0.25) is 0 Å². The van der Waals surface area contributed by atoms with Crippen LogP contribution in [-0.2, 0) is 0 Å². The number of piperidine rings is 1. The van der Waals surface area contributed by atoms with Crippen molar-refractivity contribution in [2.24, 2.45) is 0 Å². The lowest BCUT2D eigenvalue weighted by Gasteiger charge is -2.40. The maximum atomic E-state index is 4.24. The van der Waals surface area contributed by atoms with Crippen LogP contribution in [0.15, 0.2) is 36.7 Å². The molecule has 2 atom stereocenters. The van der Waals surface area contributed by atoms with Gasteiger partial charge in [-0.05, 0) is 44.9 Å². The summed E-state index contributed by atoms with van der Waals surface area (Å²) in [4.78, 5) is 6.80. The molecule has 0 radical (unpaired) electrons. The Balaban J connectivity index is 1.80. The Morgan fingerprint density at radius 2 is 2.24 bits per heavy atom. The van der Waals surface area contributed by atoms with Crippen LogP contribution in [-0.4, -0.2) is 30.2 Å². The molecule has 2 heterocycles. The average molecular weight is 283 g/mol. The van der Waals surface area contributed by atoms with Crippen molar-refractivity contribution >= 4 is 16.5 Å². The van der Waals surface area contributed by atoms with Crippen molar-refractivity contribution in [1.82, 2.24) is 10.3 Å². The summed E-state index contributed by atoms with van der Waals surface area (Å²) < 4.78 is 0. The first kappa shape index (κ1) is 14.3. The molecular formula is C18H25N3. The highest BCUT2D eigenvalue weighted by Gasteiger charge is 2.25. The predicted molar refractivity (Wildman–Crippen MR) is 89.9 cm³/mol. The second-order valence-corrected chi connectivity index (χ2v) is 6.09. The standard InChI is InChI=1S/C18H25N3/c1-3-9-20-16-8-11-21(14(2)12-16)18-6-4-5-15-13-19-10-7-17(15)18/h4-7,10,13-14,16,20H,3,8-9,11-12H2,1-2H3. The molecule has 0 saturated carbocycles. The van der Waals surface area contributed by atoms with Crippen LogP contribution in [0.1, 0.15) is 33.1 Å². The van der Waals surface area contributed by atoms with Crippen molar-refractivity contribution in [3.8, 4) is 0 Å². The largest absolute Gasteiger partial charge is 0.368 e. The number of nitrogens with zero attached hydrogens (tertiary/aromatic N) is 2. The van der Waals surface area contributed by atoms with Crippen LogP contribution >= 0.6 is 0 Å². The maximum Gasteiger partial charge on any atom is 0.0449 e. The van der Waals surface area contributed by atoms with Crippen LogP contribution in [0.25, 0.3) is 10.8 Å². The quantitative estimate of drug-likeness (QED) is 0.929. The van der Waals surface area contributed by atoms with E-state index in [1.165, 1.54) is 35.7 Å². The Morgan fingerprint density at radius 3 is 3.05 bits per heavy atom. The van der Waals surface area contributed by atoms with Crippen molar-refractivity contribution in [3.05, 3.63) is 36.7 Å². The van der Waals surface area contributed by atoms with Gasteiger partial charge in [-0.3, -0.25) is 4.98 Å². The molecule has 0 bridgehead atoms. The molecule has 1 aliphatic rings. The Morgan fingerprint density at radius 1 is 1.33 bits per heavy atom. The molecule has 1 N–H and O–H groups in total. The first-order valence-electron chi connectivity index (χ1n) is 8.12. The molecule has 3 heteroatoms. The number of hydrogen-bond donors (Lipinski definition) is 1.